The molecule has 2 heterocycles. The van der Waals surface area contributed by atoms with E-state index >= 15 is 0 Å². The van der Waals surface area contributed by atoms with Gasteiger partial charge < -0.3 is 10.1 Å². The van der Waals surface area contributed by atoms with E-state index in [1.807, 2.05) is 0 Å². The second-order valence-corrected chi connectivity index (χ2v) is 5.92. The van der Waals surface area contributed by atoms with Crippen LogP contribution in [-0.4, -0.2) is 48.8 Å². The maximum atomic E-state index is 5.52. The molecule has 3 nitrogen and oxygen atoms in total. The fourth-order valence-electron chi connectivity index (χ4n) is 3.26. The van der Waals surface area contributed by atoms with Crippen LogP contribution in [0.2, 0.25) is 0 Å². The summed E-state index contributed by atoms with van der Waals surface area (Å²) in [5.41, 5.74) is 0.398. The molecular weight excluding hydrogens is 200 g/mol. The van der Waals surface area contributed by atoms with E-state index in [-0.39, 0.29) is 0 Å². The molecular formula is C13H26N2O. The fraction of sp³-hybridized carbons (Fsp3) is 1.00. The first-order chi connectivity index (χ1) is 7.59. The second kappa shape index (κ2) is 5.03. The summed E-state index contributed by atoms with van der Waals surface area (Å²) < 4.78 is 5.52. The van der Waals surface area contributed by atoms with Gasteiger partial charge in [0.2, 0.25) is 0 Å². The number of rotatable bonds is 3. The van der Waals surface area contributed by atoms with Crippen LogP contribution < -0.4 is 5.32 Å². The van der Waals surface area contributed by atoms with Crippen molar-refractivity contribution in [3.8, 4) is 0 Å². The first kappa shape index (κ1) is 12.3. The van der Waals surface area contributed by atoms with Crippen molar-refractivity contribution in [1.82, 2.24) is 10.2 Å². The van der Waals surface area contributed by atoms with Gasteiger partial charge in [0.1, 0.15) is 0 Å². The van der Waals surface area contributed by atoms with E-state index in [1.54, 1.807) is 0 Å². The predicted molar refractivity (Wildman–Crippen MR) is 66.7 cm³/mol. The van der Waals surface area contributed by atoms with Crippen molar-refractivity contribution < 1.29 is 4.74 Å². The monoisotopic (exact) mass is 226 g/mol. The lowest BCUT2D eigenvalue weighted by Crippen LogP contribution is -2.49. The quantitative estimate of drug-likeness (QED) is 0.791. The maximum Gasteiger partial charge on any atom is 0.0620 e. The molecule has 0 radical (unpaired) electrons. The Hall–Kier alpha value is -0.120. The molecule has 2 aliphatic rings. The van der Waals surface area contributed by atoms with Crippen LogP contribution in [-0.2, 0) is 4.74 Å². The molecule has 0 spiro atoms. The molecule has 3 heteroatoms. The maximum absolute atomic E-state index is 5.52. The molecule has 2 aliphatic heterocycles. The third-order valence-corrected chi connectivity index (χ3v) is 4.12. The van der Waals surface area contributed by atoms with Crippen LogP contribution in [0.4, 0.5) is 0 Å². The number of hydrogen-bond acceptors (Lipinski definition) is 3. The third kappa shape index (κ3) is 2.76. The van der Waals surface area contributed by atoms with Gasteiger partial charge in [-0.3, -0.25) is 4.90 Å². The number of nitrogens with one attached hydrogen (secondary N) is 1. The molecule has 1 N–H and O–H groups in total. The molecule has 0 amide bonds. The number of hydrogen-bond donors (Lipinski definition) is 1. The van der Waals surface area contributed by atoms with E-state index in [2.05, 4.69) is 31.0 Å². The predicted octanol–water partition coefficient (Wildman–Crippen LogP) is 1.63. The Labute approximate surface area is 99.5 Å². The van der Waals surface area contributed by atoms with E-state index in [0.717, 1.165) is 19.8 Å². The summed E-state index contributed by atoms with van der Waals surface area (Å²) in [4.78, 5) is 2.67. The topological polar surface area (TPSA) is 24.5 Å². The van der Waals surface area contributed by atoms with Crippen molar-refractivity contribution in [2.24, 2.45) is 0 Å². The van der Waals surface area contributed by atoms with Crippen molar-refractivity contribution in [3.63, 3.8) is 0 Å². The second-order valence-electron chi connectivity index (χ2n) is 5.92. The normalized spacial score (nSPS) is 32.8. The molecule has 2 fully saturated rings. The van der Waals surface area contributed by atoms with E-state index < -0.39 is 0 Å². The van der Waals surface area contributed by atoms with Crippen molar-refractivity contribution in [1.29, 1.82) is 0 Å². The molecule has 2 unspecified atom stereocenters. The van der Waals surface area contributed by atoms with Crippen molar-refractivity contribution in [3.05, 3.63) is 0 Å². The Balaban J connectivity index is 1.84. The van der Waals surface area contributed by atoms with Crippen LogP contribution in [0, 0.1) is 0 Å². The van der Waals surface area contributed by atoms with Gasteiger partial charge in [-0.25, -0.2) is 0 Å². The molecule has 2 saturated heterocycles. The zero-order valence-electron chi connectivity index (χ0n) is 11.0. The van der Waals surface area contributed by atoms with Crippen molar-refractivity contribution >= 4 is 0 Å². The summed E-state index contributed by atoms with van der Waals surface area (Å²) in [6.07, 6.45) is 3.90. The van der Waals surface area contributed by atoms with Gasteiger partial charge >= 0.3 is 0 Å². The van der Waals surface area contributed by atoms with Crippen LogP contribution in [0.5, 0.6) is 0 Å². The molecule has 0 aromatic heterocycles. The Morgan fingerprint density at radius 3 is 2.88 bits per heavy atom. The average Bonchev–Trinajstić information content (AvgIpc) is 2.59. The number of ether oxygens (including phenoxy) is 1. The summed E-state index contributed by atoms with van der Waals surface area (Å²) in [5.74, 6) is 0. The molecule has 0 saturated carbocycles. The van der Waals surface area contributed by atoms with Gasteiger partial charge in [-0.05, 0) is 46.6 Å². The molecule has 0 aromatic rings. The highest BCUT2D eigenvalue weighted by Crippen LogP contribution is 2.31. The minimum atomic E-state index is 0.398. The number of morpholine rings is 1. The largest absolute Gasteiger partial charge is 0.379 e. The van der Waals surface area contributed by atoms with Crippen molar-refractivity contribution in [2.45, 2.75) is 57.7 Å². The molecule has 2 atom stereocenters. The van der Waals surface area contributed by atoms with Gasteiger partial charge in [-0.2, -0.15) is 0 Å². The summed E-state index contributed by atoms with van der Waals surface area (Å²) in [7, 11) is 0. The molecule has 94 valence electrons. The minimum Gasteiger partial charge on any atom is -0.379 e. The van der Waals surface area contributed by atoms with Crippen LogP contribution in [0.3, 0.4) is 0 Å². The van der Waals surface area contributed by atoms with E-state index in [1.165, 1.54) is 25.8 Å². The van der Waals surface area contributed by atoms with Gasteiger partial charge in [0.05, 0.1) is 13.2 Å². The van der Waals surface area contributed by atoms with E-state index in [4.69, 9.17) is 4.74 Å². The molecule has 16 heavy (non-hydrogen) atoms. The Morgan fingerprint density at radius 2 is 2.31 bits per heavy atom. The standard InChI is InChI=1S/C13H26N2O/c1-11(9-12-10-16-8-6-14-12)15-7-4-5-13(15,2)3/h11-12,14H,4-10H2,1-3H3. The highest BCUT2D eigenvalue weighted by atomic mass is 16.5. The van der Waals surface area contributed by atoms with Gasteiger partial charge in [-0.15, -0.1) is 0 Å². The summed E-state index contributed by atoms with van der Waals surface area (Å²) >= 11 is 0. The van der Waals surface area contributed by atoms with E-state index in [0.29, 0.717) is 17.6 Å². The molecule has 2 rings (SSSR count). The first-order valence-electron chi connectivity index (χ1n) is 6.67. The molecule has 0 bridgehead atoms. The molecule has 0 aliphatic carbocycles. The van der Waals surface area contributed by atoms with Gasteiger partial charge in [0.15, 0.2) is 0 Å². The lowest BCUT2D eigenvalue weighted by atomic mass is 9.98. The number of nitrogens with zero attached hydrogens (tertiary/aromatic N) is 1. The molecule has 0 aromatic carbocycles. The Bertz CT molecular complexity index is 224. The van der Waals surface area contributed by atoms with Crippen LogP contribution in [0.15, 0.2) is 0 Å². The fourth-order valence-corrected chi connectivity index (χ4v) is 3.26. The van der Waals surface area contributed by atoms with Gasteiger partial charge in [-0.1, -0.05) is 0 Å². The highest BCUT2D eigenvalue weighted by Gasteiger charge is 2.35. The van der Waals surface area contributed by atoms with Crippen LogP contribution in [0.25, 0.3) is 0 Å². The summed E-state index contributed by atoms with van der Waals surface area (Å²) in [6, 6.07) is 1.22. The van der Waals surface area contributed by atoms with Crippen LogP contribution in [0.1, 0.15) is 40.0 Å². The highest BCUT2D eigenvalue weighted by molar-refractivity contribution is 4.92. The lowest BCUT2D eigenvalue weighted by Gasteiger charge is -2.38. The first-order valence-corrected chi connectivity index (χ1v) is 6.67. The zero-order valence-corrected chi connectivity index (χ0v) is 11.0. The third-order valence-electron chi connectivity index (χ3n) is 4.12. The summed E-state index contributed by atoms with van der Waals surface area (Å²) in [6.45, 7) is 11.2. The SMILES string of the molecule is CC(CC1COCCN1)N1CCCC1(C)C. The van der Waals surface area contributed by atoms with Gasteiger partial charge in [0.25, 0.3) is 0 Å². The van der Waals surface area contributed by atoms with Crippen LogP contribution >= 0.6 is 0 Å². The Morgan fingerprint density at radius 1 is 1.50 bits per heavy atom. The zero-order chi connectivity index (χ0) is 11.6. The van der Waals surface area contributed by atoms with E-state index in [9.17, 15) is 0 Å². The summed E-state index contributed by atoms with van der Waals surface area (Å²) in [5, 5.41) is 3.55. The minimum absolute atomic E-state index is 0.398. The number of likely N-dealkylation sites (tertiary alicyclic amines) is 1. The average molecular weight is 226 g/mol. The lowest BCUT2D eigenvalue weighted by molar-refractivity contribution is 0.0514. The van der Waals surface area contributed by atoms with Crippen molar-refractivity contribution in [2.75, 3.05) is 26.3 Å². The smallest absolute Gasteiger partial charge is 0.0620 e. The van der Waals surface area contributed by atoms with Gasteiger partial charge in [0, 0.05) is 24.2 Å². The Kier molecular flexibility index (Phi) is 3.88.